The summed E-state index contributed by atoms with van der Waals surface area (Å²) in [7, 11) is 0. The van der Waals surface area contributed by atoms with Crippen LogP contribution < -0.4 is 5.73 Å². The van der Waals surface area contributed by atoms with Crippen molar-refractivity contribution in [2.75, 3.05) is 5.73 Å². The number of anilines is 1. The van der Waals surface area contributed by atoms with Crippen LogP contribution in [0.25, 0.3) is 0 Å². The Morgan fingerprint density at radius 2 is 2.18 bits per heavy atom. The Morgan fingerprint density at radius 3 is 2.64 bits per heavy atom. The Balaban J connectivity index is 3.40. The number of rotatable bonds is 1. The third kappa shape index (κ3) is 1.33. The molecule has 58 valence electrons. The minimum absolute atomic E-state index is 0.0278. The normalized spacial score (nSPS) is 9.64. The highest BCUT2D eigenvalue weighted by Crippen LogP contribution is 2.23. The van der Waals surface area contributed by atoms with E-state index in [1.54, 1.807) is 0 Å². The summed E-state index contributed by atoms with van der Waals surface area (Å²) < 4.78 is 12.7. The molecule has 0 aromatic heterocycles. The van der Waals surface area contributed by atoms with Crippen LogP contribution in [0.5, 0.6) is 0 Å². The molecule has 1 aromatic carbocycles. The molecular formula is C7H5ClFNO. The van der Waals surface area contributed by atoms with Gasteiger partial charge in [-0.15, -0.1) is 0 Å². The second kappa shape index (κ2) is 2.88. The number of benzene rings is 1. The summed E-state index contributed by atoms with van der Waals surface area (Å²) in [6, 6.07) is 2.41. The molecule has 0 radical (unpaired) electrons. The third-order valence-electron chi connectivity index (χ3n) is 1.27. The van der Waals surface area contributed by atoms with Crippen LogP contribution in [0, 0.1) is 5.82 Å². The van der Waals surface area contributed by atoms with Crippen LogP contribution in [0.2, 0.25) is 5.02 Å². The van der Waals surface area contributed by atoms with E-state index < -0.39 is 5.82 Å². The quantitative estimate of drug-likeness (QED) is 0.521. The third-order valence-corrected chi connectivity index (χ3v) is 1.70. The van der Waals surface area contributed by atoms with Crippen molar-refractivity contribution in [2.24, 2.45) is 0 Å². The van der Waals surface area contributed by atoms with Crippen molar-refractivity contribution in [3.8, 4) is 0 Å². The number of hydrogen-bond donors (Lipinski definition) is 1. The summed E-state index contributed by atoms with van der Waals surface area (Å²) in [4.78, 5) is 10.2. The first-order valence-electron chi connectivity index (χ1n) is 2.85. The number of carbonyl (C=O) groups excluding carboxylic acids is 1. The zero-order valence-corrected chi connectivity index (χ0v) is 6.23. The highest BCUT2D eigenvalue weighted by molar-refractivity contribution is 6.35. The predicted molar refractivity (Wildman–Crippen MR) is 41.2 cm³/mol. The zero-order valence-electron chi connectivity index (χ0n) is 5.47. The molecule has 2 N–H and O–H groups in total. The minimum atomic E-state index is -0.654. The predicted octanol–water partition coefficient (Wildman–Crippen LogP) is 1.87. The van der Waals surface area contributed by atoms with Gasteiger partial charge < -0.3 is 5.73 Å². The number of nitrogen functional groups attached to an aromatic ring is 1. The van der Waals surface area contributed by atoms with Crippen molar-refractivity contribution in [3.05, 3.63) is 28.5 Å². The molecule has 0 heterocycles. The Bertz CT molecular complexity index is 301. The van der Waals surface area contributed by atoms with Gasteiger partial charge in [-0.25, -0.2) is 4.39 Å². The molecular weight excluding hydrogens is 169 g/mol. The number of halogens is 2. The van der Waals surface area contributed by atoms with Gasteiger partial charge in [0.1, 0.15) is 5.82 Å². The van der Waals surface area contributed by atoms with E-state index in [0.717, 1.165) is 6.07 Å². The van der Waals surface area contributed by atoms with E-state index >= 15 is 0 Å². The van der Waals surface area contributed by atoms with E-state index in [1.807, 2.05) is 0 Å². The molecule has 1 aromatic rings. The van der Waals surface area contributed by atoms with Crippen molar-refractivity contribution < 1.29 is 9.18 Å². The SMILES string of the molecule is Nc1ccc(F)c(C=O)c1Cl. The highest BCUT2D eigenvalue weighted by atomic mass is 35.5. The summed E-state index contributed by atoms with van der Waals surface area (Å²) in [5.74, 6) is -0.654. The summed E-state index contributed by atoms with van der Waals surface area (Å²) in [5.41, 5.74) is 5.32. The summed E-state index contributed by atoms with van der Waals surface area (Å²) in [6.45, 7) is 0. The van der Waals surface area contributed by atoms with Gasteiger partial charge in [-0.3, -0.25) is 4.79 Å². The van der Waals surface area contributed by atoms with Gasteiger partial charge in [0.2, 0.25) is 0 Å². The molecule has 0 atom stereocenters. The molecule has 2 nitrogen and oxygen atoms in total. The van der Waals surface area contributed by atoms with E-state index in [0.29, 0.717) is 6.29 Å². The molecule has 0 amide bonds. The first kappa shape index (κ1) is 8.01. The molecule has 0 spiro atoms. The molecule has 0 fully saturated rings. The van der Waals surface area contributed by atoms with Crippen molar-refractivity contribution in [1.82, 2.24) is 0 Å². The zero-order chi connectivity index (χ0) is 8.43. The molecule has 0 bridgehead atoms. The maximum atomic E-state index is 12.7. The Labute approximate surface area is 67.8 Å². The summed E-state index contributed by atoms with van der Waals surface area (Å²) in [5, 5.41) is -0.0278. The van der Waals surface area contributed by atoms with Gasteiger partial charge in [0.25, 0.3) is 0 Å². The van der Waals surface area contributed by atoms with E-state index in [-0.39, 0.29) is 16.3 Å². The number of carbonyl (C=O) groups is 1. The molecule has 0 aliphatic heterocycles. The van der Waals surface area contributed by atoms with Gasteiger partial charge in [0.15, 0.2) is 6.29 Å². The van der Waals surface area contributed by atoms with Crippen LogP contribution in [0.3, 0.4) is 0 Å². The molecule has 0 saturated heterocycles. The summed E-state index contributed by atoms with van der Waals surface area (Å²) >= 11 is 5.50. The lowest BCUT2D eigenvalue weighted by Gasteiger charge is -2.00. The Kier molecular flexibility index (Phi) is 2.10. The van der Waals surface area contributed by atoms with Crippen LogP contribution >= 0.6 is 11.6 Å². The fourth-order valence-corrected chi connectivity index (χ4v) is 0.892. The molecule has 4 heteroatoms. The van der Waals surface area contributed by atoms with Crippen LogP contribution in [0.4, 0.5) is 10.1 Å². The topological polar surface area (TPSA) is 43.1 Å². The van der Waals surface area contributed by atoms with E-state index in [1.165, 1.54) is 6.07 Å². The molecule has 0 unspecified atom stereocenters. The lowest BCUT2D eigenvalue weighted by molar-refractivity contribution is 0.112. The van der Waals surface area contributed by atoms with Crippen molar-refractivity contribution in [3.63, 3.8) is 0 Å². The molecule has 11 heavy (non-hydrogen) atoms. The van der Waals surface area contributed by atoms with E-state index in [9.17, 15) is 9.18 Å². The minimum Gasteiger partial charge on any atom is -0.398 e. The highest BCUT2D eigenvalue weighted by Gasteiger charge is 2.07. The molecule has 0 aliphatic rings. The smallest absolute Gasteiger partial charge is 0.154 e. The first-order valence-corrected chi connectivity index (χ1v) is 3.23. The van der Waals surface area contributed by atoms with E-state index in [2.05, 4.69) is 0 Å². The van der Waals surface area contributed by atoms with Crippen LogP contribution in [0.1, 0.15) is 10.4 Å². The lowest BCUT2D eigenvalue weighted by atomic mass is 10.2. The summed E-state index contributed by atoms with van der Waals surface area (Å²) in [6.07, 6.45) is 0.341. The largest absolute Gasteiger partial charge is 0.398 e. The molecule has 1 rings (SSSR count). The maximum absolute atomic E-state index is 12.7. The first-order chi connectivity index (χ1) is 5.16. The van der Waals surface area contributed by atoms with Crippen molar-refractivity contribution in [1.29, 1.82) is 0 Å². The van der Waals surface area contributed by atoms with Crippen molar-refractivity contribution in [2.45, 2.75) is 0 Å². The lowest BCUT2D eigenvalue weighted by Crippen LogP contribution is -1.94. The molecule has 0 aliphatic carbocycles. The second-order valence-corrected chi connectivity index (χ2v) is 2.36. The fraction of sp³-hybridized carbons (Fsp3) is 0. The maximum Gasteiger partial charge on any atom is 0.154 e. The average molecular weight is 174 g/mol. The fourth-order valence-electron chi connectivity index (χ4n) is 0.694. The second-order valence-electron chi connectivity index (χ2n) is 1.98. The van der Waals surface area contributed by atoms with Gasteiger partial charge in [0.05, 0.1) is 16.3 Å². The number of nitrogens with two attached hydrogens (primary N) is 1. The standard InChI is InChI=1S/C7H5ClFNO/c8-7-4(3-11)5(9)1-2-6(7)10/h1-3H,10H2. The van der Waals surface area contributed by atoms with Gasteiger partial charge >= 0.3 is 0 Å². The Morgan fingerprint density at radius 1 is 1.55 bits per heavy atom. The van der Waals surface area contributed by atoms with Gasteiger partial charge in [-0.05, 0) is 12.1 Å². The number of hydrogen-bond acceptors (Lipinski definition) is 2. The van der Waals surface area contributed by atoms with Crippen LogP contribution in [0.15, 0.2) is 12.1 Å². The van der Waals surface area contributed by atoms with E-state index in [4.69, 9.17) is 17.3 Å². The van der Waals surface area contributed by atoms with Crippen molar-refractivity contribution >= 4 is 23.6 Å². The number of aldehydes is 1. The molecule has 0 saturated carbocycles. The van der Waals surface area contributed by atoms with Gasteiger partial charge in [0, 0.05) is 0 Å². The van der Waals surface area contributed by atoms with Gasteiger partial charge in [-0.1, -0.05) is 11.6 Å². The van der Waals surface area contributed by atoms with Gasteiger partial charge in [-0.2, -0.15) is 0 Å². The van der Waals surface area contributed by atoms with Crippen LogP contribution in [-0.4, -0.2) is 6.29 Å². The average Bonchev–Trinajstić information content (AvgIpc) is 1.99. The monoisotopic (exact) mass is 173 g/mol. The van der Waals surface area contributed by atoms with Crippen LogP contribution in [-0.2, 0) is 0 Å². The Hall–Kier alpha value is -1.09.